The summed E-state index contributed by atoms with van der Waals surface area (Å²) < 4.78 is 1.03. The number of pyridine rings is 1. The van der Waals surface area contributed by atoms with Crippen molar-refractivity contribution >= 4 is 39.1 Å². The number of hydrogen-bond acceptors (Lipinski definition) is 4. The zero-order valence-electron chi connectivity index (χ0n) is 15.3. The summed E-state index contributed by atoms with van der Waals surface area (Å²) >= 11 is 9.58. The first kappa shape index (κ1) is 18.8. The predicted octanol–water partition coefficient (Wildman–Crippen LogP) is 4.42. The molecule has 0 saturated carbocycles. The maximum absolute atomic E-state index is 13.4. The summed E-state index contributed by atoms with van der Waals surface area (Å²) in [6.07, 6.45) is 3.60. The van der Waals surface area contributed by atoms with Crippen LogP contribution in [0.25, 0.3) is 0 Å². The van der Waals surface area contributed by atoms with E-state index in [0.717, 1.165) is 21.3 Å². The number of carbonyl (C=O) groups is 1. The Balaban J connectivity index is 1.61. The molecule has 0 bridgehead atoms. The predicted molar refractivity (Wildman–Crippen MR) is 116 cm³/mol. The fourth-order valence-electron chi connectivity index (χ4n) is 4.40. The molecule has 5 nitrogen and oxygen atoms in total. The van der Waals surface area contributed by atoms with Crippen molar-refractivity contribution in [1.82, 2.24) is 15.8 Å². The number of halogens is 2. The number of amides is 1. The smallest absolute Gasteiger partial charge is 0.246 e. The average molecular weight is 470 g/mol. The van der Waals surface area contributed by atoms with Gasteiger partial charge in [0.1, 0.15) is 6.04 Å². The molecule has 2 aromatic carbocycles. The number of anilines is 1. The fraction of sp³-hybridized carbons (Fsp3) is 0.182. The molecule has 29 heavy (non-hydrogen) atoms. The van der Waals surface area contributed by atoms with E-state index in [1.807, 2.05) is 59.6 Å². The first-order valence-corrected chi connectivity index (χ1v) is 10.6. The molecule has 2 aliphatic rings. The van der Waals surface area contributed by atoms with Crippen LogP contribution in [0.2, 0.25) is 5.02 Å². The SMILES string of the molecule is O=C1C2NNC(c3ccc(Br)cc3)C2C(c2cccnc2)N1c1ccc(Cl)cc1. The lowest BCUT2D eigenvalue weighted by Crippen LogP contribution is -2.41. The molecule has 1 amide bonds. The first-order valence-electron chi connectivity index (χ1n) is 9.38. The minimum Gasteiger partial charge on any atom is -0.303 e. The van der Waals surface area contributed by atoms with E-state index in [1.54, 1.807) is 6.20 Å². The molecule has 5 rings (SSSR count). The molecule has 2 aliphatic heterocycles. The molecular weight excluding hydrogens is 452 g/mol. The highest BCUT2D eigenvalue weighted by Gasteiger charge is 2.56. The quantitative estimate of drug-likeness (QED) is 0.596. The van der Waals surface area contributed by atoms with Gasteiger partial charge in [0.2, 0.25) is 5.91 Å². The van der Waals surface area contributed by atoms with E-state index in [9.17, 15) is 4.79 Å². The second kappa shape index (κ2) is 7.54. The lowest BCUT2D eigenvalue weighted by molar-refractivity contribution is -0.119. The molecule has 3 aromatic rings. The number of nitrogens with zero attached hydrogens (tertiary/aromatic N) is 2. The number of benzene rings is 2. The van der Waals surface area contributed by atoms with E-state index in [0.29, 0.717) is 5.02 Å². The summed E-state index contributed by atoms with van der Waals surface area (Å²) in [5.41, 5.74) is 9.57. The molecule has 2 saturated heterocycles. The number of carbonyl (C=O) groups excluding carboxylic acids is 1. The topological polar surface area (TPSA) is 57.3 Å². The number of fused-ring (bicyclic) bond motifs is 1. The van der Waals surface area contributed by atoms with Gasteiger partial charge in [-0.3, -0.25) is 9.78 Å². The molecule has 4 unspecified atom stereocenters. The molecule has 146 valence electrons. The molecule has 0 aliphatic carbocycles. The van der Waals surface area contributed by atoms with Crippen molar-refractivity contribution in [3.63, 3.8) is 0 Å². The lowest BCUT2D eigenvalue weighted by atomic mass is 9.84. The van der Waals surface area contributed by atoms with Gasteiger partial charge in [-0.05, 0) is 53.6 Å². The Morgan fingerprint density at radius 3 is 2.34 bits per heavy atom. The van der Waals surface area contributed by atoms with E-state index in [1.165, 1.54) is 0 Å². The number of hydrogen-bond donors (Lipinski definition) is 2. The summed E-state index contributed by atoms with van der Waals surface area (Å²) in [6.45, 7) is 0. The number of aromatic nitrogens is 1. The van der Waals surface area contributed by atoms with Crippen LogP contribution in [0.15, 0.2) is 77.5 Å². The van der Waals surface area contributed by atoms with Crippen LogP contribution in [0, 0.1) is 5.92 Å². The van der Waals surface area contributed by atoms with Gasteiger partial charge in [0.05, 0.1) is 12.1 Å². The summed E-state index contributed by atoms with van der Waals surface area (Å²) in [5, 5.41) is 0.644. The average Bonchev–Trinajstić information content (AvgIpc) is 3.29. The van der Waals surface area contributed by atoms with Gasteiger partial charge in [0, 0.05) is 33.5 Å². The fourth-order valence-corrected chi connectivity index (χ4v) is 4.79. The van der Waals surface area contributed by atoms with Crippen LogP contribution in [-0.2, 0) is 4.79 Å². The monoisotopic (exact) mass is 468 g/mol. The van der Waals surface area contributed by atoms with Crippen molar-refractivity contribution in [1.29, 1.82) is 0 Å². The Labute approximate surface area is 182 Å². The summed E-state index contributed by atoms with van der Waals surface area (Å²) in [6, 6.07) is 19.1. The zero-order valence-corrected chi connectivity index (χ0v) is 17.6. The standard InChI is InChI=1S/C22H18BrClN4O/c23-15-5-3-13(4-6-15)19-18-20(27-26-19)22(29)28(17-9-7-16(24)8-10-17)21(18)14-2-1-11-25-12-14/h1-12,18-21,26-27H. The van der Waals surface area contributed by atoms with E-state index in [2.05, 4.69) is 43.9 Å². The van der Waals surface area contributed by atoms with Crippen LogP contribution in [0.5, 0.6) is 0 Å². The molecule has 3 heterocycles. The Kier molecular flexibility index (Phi) is 4.87. The van der Waals surface area contributed by atoms with E-state index < -0.39 is 0 Å². The third kappa shape index (κ3) is 3.26. The maximum atomic E-state index is 13.4. The van der Waals surface area contributed by atoms with Gasteiger partial charge in [-0.1, -0.05) is 45.7 Å². The minimum atomic E-state index is -0.329. The van der Waals surface area contributed by atoms with E-state index in [4.69, 9.17) is 11.6 Å². The maximum Gasteiger partial charge on any atom is 0.246 e. The van der Waals surface area contributed by atoms with Crippen LogP contribution in [0.1, 0.15) is 23.2 Å². The van der Waals surface area contributed by atoms with Gasteiger partial charge >= 0.3 is 0 Å². The molecular formula is C22H18BrClN4O. The zero-order chi connectivity index (χ0) is 20.0. The largest absolute Gasteiger partial charge is 0.303 e. The Hall–Kier alpha value is -2.25. The number of nitrogens with one attached hydrogen (secondary N) is 2. The Bertz CT molecular complexity index is 1030. The van der Waals surface area contributed by atoms with Gasteiger partial charge < -0.3 is 4.90 Å². The lowest BCUT2D eigenvalue weighted by Gasteiger charge is -2.31. The second-order valence-electron chi connectivity index (χ2n) is 7.29. The molecule has 2 N–H and O–H groups in total. The third-order valence-electron chi connectivity index (χ3n) is 5.67. The normalized spacial score (nSPS) is 26.0. The summed E-state index contributed by atoms with van der Waals surface area (Å²) in [7, 11) is 0. The van der Waals surface area contributed by atoms with E-state index in [-0.39, 0.29) is 30.0 Å². The summed E-state index contributed by atoms with van der Waals surface area (Å²) in [4.78, 5) is 19.6. The third-order valence-corrected chi connectivity index (χ3v) is 6.45. The van der Waals surface area contributed by atoms with Gasteiger partial charge in [0.25, 0.3) is 0 Å². The molecule has 0 radical (unpaired) electrons. The van der Waals surface area contributed by atoms with Crippen LogP contribution in [-0.4, -0.2) is 16.9 Å². The van der Waals surface area contributed by atoms with Crippen molar-refractivity contribution < 1.29 is 4.79 Å². The second-order valence-corrected chi connectivity index (χ2v) is 8.64. The molecule has 1 aromatic heterocycles. The van der Waals surface area contributed by atoms with Crippen molar-refractivity contribution in [2.24, 2.45) is 5.92 Å². The molecule has 4 atom stereocenters. The van der Waals surface area contributed by atoms with Gasteiger partial charge in [-0.2, -0.15) is 0 Å². The number of rotatable bonds is 3. The van der Waals surface area contributed by atoms with Crippen LogP contribution >= 0.6 is 27.5 Å². The highest BCUT2D eigenvalue weighted by Crippen LogP contribution is 2.48. The highest BCUT2D eigenvalue weighted by molar-refractivity contribution is 9.10. The van der Waals surface area contributed by atoms with Gasteiger partial charge in [-0.15, -0.1) is 0 Å². The first-order chi connectivity index (χ1) is 14.1. The van der Waals surface area contributed by atoms with Crippen molar-refractivity contribution in [3.05, 3.63) is 93.7 Å². The van der Waals surface area contributed by atoms with Crippen LogP contribution in [0.3, 0.4) is 0 Å². The van der Waals surface area contributed by atoms with Crippen molar-refractivity contribution in [2.75, 3.05) is 4.90 Å². The molecule has 7 heteroatoms. The Morgan fingerprint density at radius 1 is 0.931 bits per heavy atom. The number of hydrazine groups is 1. The minimum absolute atomic E-state index is 0.00329. The molecule has 2 fully saturated rings. The van der Waals surface area contributed by atoms with Crippen molar-refractivity contribution in [3.8, 4) is 0 Å². The van der Waals surface area contributed by atoms with Gasteiger partial charge in [-0.25, -0.2) is 10.9 Å². The summed E-state index contributed by atoms with van der Waals surface area (Å²) in [5.74, 6) is 0.0434. The molecule has 0 spiro atoms. The van der Waals surface area contributed by atoms with Gasteiger partial charge in [0.15, 0.2) is 0 Å². The van der Waals surface area contributed by atoms with Crippen LogP contribution < -0.4 is 15.8 Å². The van der Waals surface area contributed by atoms with Crippen molar-refractivity contribution in [2.45, 2.75) is 18.1 Å². The highest BCUT2D eigenvalue weighted by atomic mass is 79.9. The Morgan fingerprint density at radius 2 is 1.66 bits per heavy atom. The van der Waals surface area contributed by atoms with Crippen LogP contribution in [0.4, 0.5) is 5.69 Å². The van der Waals surface area contributed by atoms with E-state index >= 15 is 0 Å².